The van der Waals surface area contributed by atoms with Gasteiger partial charge in [0.15, 0.2) is 11.6 Å². The molecule has 0 aliphatic heterocycles. The Labute approximate surface area is 449 Å². The highest BCUT2D eigenvalue weighted by Gasteiger charge is 2.34. The van der Waals surface area contributed by atoms with E-state index in [9.17, 15) is 39.0 Å². The van der Waals surface area contributed by atoms with Crippen molar-refractivity contribution in [1.29, 1.82) is 0 Å². The molecule has 2 aromatic carbocycles. The Kier molecular flexibility index (Phi) is 29.1. The van der Waals surface area contributed by atoms with Crippen molar-refractivity contribution in [1.82, 2.24) is 10.6 Å². The number of amides is 2. The first-order chi connectivity index (χ1) is 36.4. The summed E-state index contributed by atoms with van der Waals surface area (Å²) < 4.78 is 0. The monoisotopic (exact) mass is 1040 g/mol. The van der Waals surface area contributed by atoms with Crippen molar-refractivity contribution < 1.29 is 49.2 Å². The minimum atomic E-state index is -0.790. The summed E-state index contributed by atoms with van der Waals surface area (Å²) in [4.78, 5) is 74.8. The molecule has 0 radical (unpaired) electrons. The maximum atomic E-state index is 13.3. The van der Waals surface area contributed by atoms with Crippen molar-refractivity contribution in [2.45, 2.75) is 236 Å². The lowest BCUT2D eigenvalue weighted by molar-refractivity contribution is -0.127. The van der Waals surface area contributed by atoms with Crippen LogP contribution in [-0.4, -0.2) is 92.9 Å². The first kappa shape index (κ1) is 61.7. The van der Waals surface area contributed by atoms with Gasteiger partial charge in [-0.25, -0.2) is 0 Å². The van der Waals surface area contributed by atoms with E-state index in [1.54, 1.807) is 0 Å². The van der Waals surface area contributed by atoms with Crippen molar-refractivity contribution >= 4 is 34.9 Å². The molecule has 0 unspecified atom stereocenters. The summed E-state index contributed by atoms with van der Waals surface area (Å²) in [7, 11) is 0. The summed E-state index contributed by atoms with van der Waals surface area (Å²) in [6, 6.07) is 18.5. The fourth-order valence-corrected chi connectivity index (χ4v) is 12.8. The lowest BCUT2D eigenvalue weighted by Crippen LogP contribution is -2.46. The van der Waals surface area contributed by atoms with E-state index in [0.717, 1.165) is 94.1 Å². The average Bonchev–Trinajstić information content (AvgIpc) is 3.44. The number of aliphatic hydroxyl groups excluding tert-OH is 4. The molecule has 75 heavy (non-hydrogen) atoms. The fourth-order valence-electron chi connectivity index (χ4n) is 12.8. The molecule has 418 valence electrons. The standard InChI is InChI=1S/C33H51NO5.C30H45NO5/c35-24-29(36)19-20-33(39)34-30(21-26-13-6-2-7-14-26)32(38)23-27(16-10-15-25-11-4-1-5-12-25)22-31(37)28-17-8-3-9-18-28;32-21-26(33)16-17-30(36)31-27(18-22-10-4-1-5-11-22)29(35)20-25(23-12-6-2-7-13-23)19-28(34)24-14-8-3-9-15-24/h2,6-7,13-14,25,27-28,30,32,35,38H,1,3-5,8-12,15-24H2,(H,34,39);1,4-5,10-11,23-25,27,29,32,35H,2-3,6-9,12-21H2,(H,31,36)/t27-,30+,32+;25-,27+,29+/m11/s1. The number of nitrogens with one attached hydrogen (secondary N) is 2. The summed E-state index contributed by atoms with van der Waals surface area (Å²) in [5.74, 6) is 1.18. The highest BCUT2D eigenvalue weighted by molar-refractivity contribution is 5.86. The van der Waals surface area contributed by atoms with E-state index < -0.39 is 37.5 Å². The van der Waals surface area contributed by atoms with Crippen LogP contribution in [0.4, 0.5) is 0 Å². The number of carbonyl (C=O) groups is 6. The van der Waals surface area contributed by atoms with Gasteiger partial charge in [0, 0.05) is 50.4 Å². The summed E-state index contributed by atoms with van der Waals surface area (Å²) >= 11 is 0. The van der Waals surface area contributed by atoms with Gasteiger partial charge in [-0.2, -0.15) is 0 Å². The van der Waals surface area contributed by atoms with Crippen LogP contribution in [0.15, 0.2) is 60.7 Å². The Bertz CT molecular complexity index is 1950. The molecule has 0 bridgehead atoms. The minimum absolute atomic E-state index is 0.0103. The molecule has 4 aliphatic rings. The molecule has 12 nitrogen and oxygen atoms in total. The molecule has 6 N–H and O–H groups in total. The fraction of sp³-hybridized carbons (Fsp3) is 0.714. The first-order valence-corrected chi connectivity index (χ1v) is 29.7. The average molecular weight is 1040 g/mol. The third-order valence-corrected chi connectivity index (χ3v) is 17.3. The van der Waals surface area contributed by atoms with Gasteiger partial charge < -0.3 is 31.1 Å². The predicted octanol–water partition coefficient (Wildman–Crippen LogP) is 10.3. The van der Waals surface area contributed by atoms with E-state index >= 15 is 0 Å². The van der Waals surface area contributed by atoms with Crippen molar-refractivity contribution in [2.24, 2.45) is 35.5 Å². The number of hydrogen-bond acceptors (Lipinski definition) is 10. The van der Waals surface area contributed by atoms with Gasteiger partial charge in [-0.05, 0) is 92.6 Å². The van der Waals surface area contributed by atoms with E-state index in [1.807, 2.05) is 60.7 Å². The number of carbonyl (C=O) groups excluding carboxylic acids is 6. The van der Waals surface area contributed by atoms with Gasteiger partial charge in [-0.15, -0.1) is 0 Å². The number of hydrogen-bond donors (Lipinski definition) is 6. The Balaban J connectivity index is 0.000000278. The number of ketones is 4. The number of benzene rings is 2. The van der Waals surface area contributed by atoms with Gasteiger partial charge >= 0.3 is 0 Å². The van der Waals surface area contributed by atoms with E-state index in [1.165, 1.54) is 70.6 Å². The van der Waals surface area contributed by atoms with Gasteiger partial charge in [0.2, 0.25) is 11.8 Å². The maximum absolute atomic E-state index is 13.3. The second kappa shape index (κ2) is 35.3. The van der Waals surface area contributed by atoms with E-state index in [2.05, 4.69) is 10.6 Å². The van der Waals surface area contributed by atoms with Gasteiger partial charge in [0.25, 0.3) is 0 Å². The molecular weight excluding hydrogens is 945 g/mol. The van der Waals surface area contributed by atoms with Crippen LogP contribution < -0.4 is 10.6 Å². The lowest BCUT2D eigenvalue weighted by atomic mass is 9.72. The summed E-state index contributed by atoms with van der Waals surface area (Å²) in [6.07, 6.45) is 28.0. The van der Waals surface area contributed by atoms with Crippen molar-refractivity contribution in [2.75, 3.05) is 13.2 Å². The van der Waals surface area contributed by atoms with Crippen molar-refractivity contribution in [3.8, 4) is 0 Å². The summed E-state index contributed by atoms with van der Waals surface area (Å²) in [5, 5.41) is 46.8. The van der Waals surface area contributed by atoms with Crippen LogP contribution in [0, 0.1) is 35.5 Å². The molecule has 0 spiro atoms. The topological polar surface area (TPSA) is 207 Å². The van der Waals surface area contributed by atoms with Crippen LogP contribution in [0.2, 0.25) is 0 Å². The Morgan fingerprint density at radius 3 is 1.36 bits per heavy atom. The van der Waals surface area contributed by atoms with Gasteiger partial charge in [0.05, 0.1) is 24.3 Å². The third kappa shape index (κ3) is 24.0. The van der Waals surface area contributed by atoms with Gasteiger partial charge in [-0.1, -0.05) is 176 Å². The highest BCUT2D eigenvalue weighted by Crippen LogP contribution is 2.38. The zero-order valence-corrected chi connectivity index (χ0v) is 45.5. The van der Waals surface area contributed by atoms with Crippen LogP contribution in [-0.2, 0) is 41.6 Å². The number of Topliss-reactive ketones (excluding diaryl/α,β-unsaturated/α-hetero) is 4. The van der Waals surface area contributed by atoms with Crippen LogP contribution in [0.3, 0.4) is 0 Å². The molecule has 0 heterocycles. The van der Waals surface area contributed by atoms with Gasteiger partial charge in [0.1, 0.15) is 24.8 Å². The summed E-state index contributed by atoms with van der Waals surface area (Å²) in [5.41, 5.74) is 2.03. The van der Waals surface area contributed by atoms with Crippen LogP contribution in [0.5, 0.6) is 0 Å². The molecule has 4 fully saturated rings. The normalized spacial score (nSPS) is 19.5. The van der Waals surface area contributed by atoms with Crippen LogP contribution in [0.25, 0.3) is 0 Å². The van der Waals surface area contributed by atoms with Gasteiger partial charge in [-0.3, -0.25) is 28.8 Å². The zero-order chi connectivity index (χ0) is 53.6. The second-order valence-corrected chi connectivity index (χ2v) is 23.2. The smallest absolute Gasteiger partial charge is 0.220 e. The van der Waals surface area contributed by atoms with E-state index in [-0.39, 0.29) is 72.7 Å². The largest absolute Gasteiger partial charge is 0.391 e. The Morgan fingerprint density at radius 1 is 0.493 bits per heavy atom. The second-order valence-electron chi connectivity index (χ2n) is 23.2. The molecule has 4 saturated carbocycles. The Morgan fingerprint density at radius 2 is 0.907 bits per heavy atom. The van der Waals surface area contributed by atoms with Crippen LogP contribution >= 0.6 is 0 Å². The molecule has 6 atom stereocenters. The number of aliphatic hydroxyl groups is 4. The molecule has 0 aromatic heterocycles. The molecule has 6 rings (SSSR count). The third-order valence-electron chi connectivity index (χ3n) is 17.3. The van der Waals surface area contributed by atoms with E-state index in [4.69, 9.17) is 10.2 Å². The van der Waals surface area contributed by atoms with E-state index in [0.29, 0.717) is 56.0 Å². The van der Waals surface area contributed by atoms with Crippen molar-refractivity contribution in [3.63, 3.8) is 0 Å². The minimum Gasteiger partial charge on any atom is -0.391 e. The molecular formula is C63H96N2O10. The molecule has 0 saturated heterocycles. The SMILES string of the molecule is O=C(CO)CCC(=O)N[C@@H](Cc1ccccc1)[C@@H](O)C[C@@H](CC(=O)C1CCCCC1)C1CCCCC1.O=C(CO)CCC(=O)N[C@@H](Cc1ccccc1)[C@@H](O)C[C@H](CCCC1CCCCC1)CC(=O)C1CCCCC1. The lowest BCUT2D eigenvalue weighted by Gasteiger charge is -2.34. The molecule has 12 heteroatoms. The predicted molar refractivity (Wildman–Crippen MR) is 294 cm³/mol. The van der Waals surface area contributed by atoms with Crippen molar-refractivity contribution in [3.05, 3.63) is 71.8 Å². The quantitative estimate of drug-likeness (QED) is 0.0421. The highest BCUT2D eigenvalue weighted by atomic mass is 16.3. The van der Waals surface area contributed by atoms with Crippen LogP contribution in [0.1, 0.15) is 210 Å². The number of rotatable bonds is 31. The summed E-state index contributed by atoms with van der Waals surface area (Å²) in [6.45, 7) is -1.14. The first-order valence-electron chi connectivity index (χ1n) is 29.7. The zero-order valence-electron chi connectivity index (χ0n) is 45.5. The Hall–Kier alpha value is -4.10. The molecule has 2 aromatic rings. The molecule has 4 aliphatic carbocycles. The molecule has 2 amide bonds. The maximum Gasteiger partial charge on any atom is 0.220 e.